The van der Waals surface area contributed by atoms with Gasteiger partial charge in [0.25, 0.3) is 0 Å². The van der Waals surface area contributed by atoms with Crippen LogP contribution in [0.1, 0.15) is 57.8 Å². The van der Waals surface area contributed by atoms with Gasteiger partial charge in [0.05, 0.1) is 6.10 Å². The molecule has 1 N–H and O–H groups in total. The fraction of sp³-hybridized carbons (Fsp3) is 1.00. The molecule has 15 heavy (non-hydrogen) atoms. The van der Waals surface area contributed by atoms with Crippen LogP contribution in [0, 0.1) is 0 Å². The zero-order chi connectivity index (χ0) is 10.3. The highest BCUT2D eigenvalue weighted by atomic mass is 16.5. The molecule has 2 aliphatic rings. The summed E-state index contributed by atoms with van der Waals surface area (Å²) in [6, 6.07) is 0.773. The van der Waals surface area contributed by atoms with Gasteiger partial charge in [0, 0.05) is 19.2 Å². The molecule has 2 heteroatoms. The van der Waals surface area contributed by atoms with Gasteiger partial charge in [0.2, 0.25) is 0 Å². The van der Waals surface area contributed by atoms with Crippen molar-refractivity contribution in [2.75, 3.05) is 13.2 Å². The minimum Gasteiger partial charge on any atom is -0.377 e. The molecule has 1 aliphatic heterocycles. The third-order valence-electron chi connectivity index (χ3n) is 3.76. The Kier molecular flexibility index (Phi) is 4.94. The second-order valence-electron chi connectivity index (χ2n) is 5.09. The zero-order valence-electron chi connectivity index (χ0n) is 9.84. The van der Waals surface area contributed by atoms with E-state index in [9.17, 15) is 0 Å². The van der Waals surface area contributed by atoms with Crippen LogP contribution in [0.5, 0.6) is 0 Å². The molecule has 0 bridgehead atoms. The number of nitrogens with one attached hydrogen (secondary N) is 1. The first-order valence-corrected chi connectivity index (χ1v) is 6.80. The normalized spacial score (nSPS) is 30.0. The van der Waals surface area contributed by atoms with Gasteiger partial charge in [-0.2, -0.15) is 0 Å². The summed E-state index contributed by atoms with van der Waals surface area (Å²) in [6.45, 7) is 2.07. The fourth-order valence-electron chi connectivity index (χ4n) is 2.76. The summed E-state index contributed by atoms with van der Waals surface area (Å²) < 4.78 is 5.64. The quantitative estimate of drug-likeness (QED) is 0.775. The second-order valence-corrected chi connectivity index (χ2v) is 5.09. The first kappa shape index (κ1) is 11.4. The van der Waals surface area contributed by atoms with Gasteiger partial charge in [-0.05, 0) is 25.7 Å². The summed E-state index contributed by atoms with van der Waals surface area (Å²) in [4.78, 5) is 0. The van der Waals surface area contributed by atoms with Crippen molar-refractivity contribution in [1.29, 1.82) is 0 Å². The van der Waals surface area contributed by atoms with Crippen LogP contribution >= 0.6 is 0 Å². The highest BCUT2D eigenvalue weighted by Crippen LogP contribution is 2.18. The molecule has 1 aliphatic carbocycles. The van der Waals surface area contributed by atoms with Crippen LogP contribution in [0.15, 0.2) is 0 Å². The van der Waals surface area contributed by atoms with E-state index in [1.807, 2.05) is 0 Å². The summed E-state index contributed by atoms with van der Waals surface area (Å²) in [5.74, 6) is 0. The zero-order valence-corrected chi connectivity index (χ0v) is 9.84. The number of ether oxygens (including phenoxy) is 1. The van der Waals surface area contributed by atoms with Crippen molar-refractivity contribution in [3.05, 3.63) is 0 Å². The van der Waals surface area contributed by atoms with E-state index < -0.39 is 0 Å². The Labute approximate surface area is 93.8 Å². The summed E-state index contributed by atoms with van der Waals surface area (Å²) in [7, 11) is 0. The highest BCUT2D eigenvalue weighted by Gasteiger charge is 2.17. The number of hydrogen-bond acceptors (Lipinski definition) is 2. The van der Waals surface area contributed by atoms with Crippen LogP contribution in [-0.2, 0) is 4.74 Å². The largest absolute Gasteiger partial charge is 0.377 e. The maximum atomic E-state index is 5.64. The van der Waals surface area contributed by atoms with Crippen molar-refractivity contribution >= 4 is 0 Å². The van der Waals surface area contributed by atoms with Gasteiger partial charge in [-0.15, -0.1) is 0 Å². The van der Waals surface area contributed by atoms with E-state index in [4.69, 9.17) is 4.74 Å². The molecule has 1 saturated carbocycles. The second kappa shape index (κ2) is 6.49. The highest BCUT2D eigenvalue weighted by molar-refractivity contribution is 4.74. The number of hydrogen-bond donors (Lipinski definition) is 1. The fourth-order valence-corrected chi connectivity index (χ4v) is 2.76. The van der Waals surface area contributed by atoms with Gasteiger partial charge in [-0.3, -0.25) is 0 Å². The summed E-state index contributed by atoms with van der Waals surface area (Å²) >= 11 is 0. The van der Waals surface area contributed by atoms with Crippen molar-refractivity contribution in [3.63, 3.8) is 0 Å². The molecule has 2 rings (SSSR count). The summed E-state index contributed by atoms with van der Waals surface area (Å²) in [6.07, 6.45) is 13.0. The Bertz CT molecular complexity index is 158. The lowest BCUT2D eigenvalue weighted by molar-refractivity contribution is 0.106. The van der Waals surface area contributed by atoms with Gasteiger partial charge >= 0.3 is 0 Å². The van der Waals surface area contributed by atoms with Gasteiger partial charge in [-0.1, -0.05) is 32.1 Å². The first-order valence-electron chi connectivity index (χ1n) is 6.80. The molecule has 0 unspecified atom stereocenters. The molecule has 1 saturated heterocycles. The van der Waals surface area contributed by atoms with E-state index >= 15 is 0 Å². The Morgan fingerprint density at radius 3 is 2.27 bits per heavy atom. The average molecular weight is 211 g/mol. The first-order chi connectivity index (χ1) is 7.45. The van der Waals surface area contributed by atoms with Crippen LogP contribution in [0.3, 0.4) is 0 Å². The minimum absolute atomic E-state index is 0.510. The third-order valence-corrected chi connectivity index (χ3v) is 3.76. The maximum Gasteiger partial charge on any atom is 0.0700 e. The van der Waals surface area contributed by atoms with E-state index in [-0.39, 0.29) is 0 Å². The molecular weight excluding hydrogens is 186 g/mol. The summed E-state index contributed by atoms with van der Waals surface area (Å²) in [5.41, 5.74) is 0. The molecule has 0 aromatic carbocycles. The Balaban J connectivity index is 1.62. The monoisotopic (exact) mass is 211 g/mol. The van der Waals surface area contributed by atoms with E-state index in [1.54, 1.807) is 0 Å². The van der Waals surface area contributed by atoms with E-state index in [0.717, 1.165) is 19.2 Å². The molecule has 0 spiro atoms. The molecule has 0 amide bonds. The van der Waals surface area contributed by atoms with Crippen LogP contribution in [0.4, 0.5) is 0 Å². The van der Waals surface area contributed by atoms with Crippen LogP contribution in [0.2, 0.25) is 0 Å². The lowest BCUT2D eigenvalue weighted by atomic mass is 9.96. The Morgan fingerprint density at radius 2 is 1.60 bits per heavy atom. The topological polar surface area (TPSA) is 21.3 Å². The van der Waals surface area contributed by atoms with Crippen molar-refractivity contribution in [2.24, 2.45) is 0 Å². The van der Waals surface area contributed by atoms with Crippen molar-refractivity contribution in [2.45, 2.75) is 69.9 Å². The molecular formula is C13H25NO. The Hall–Kier alpha value is -0.0800. The lowest BCUT2D eigenvalue weighted by Crippen LogP contribution is -2.35. The molecule has 88 valence electrons. The van der Waals surface area contributed by atoms with Crippen molar-refractivity contribution in [3.8, 4) is 0 Å². The molecule has 1 atom stereocenters. The summed E-state index contributed by atoms with van der Waals surface area (Å²) in [5, 5.41) is 3.71. The number of rotatable bonds is 3. The van der Waals surface area contributed by atoms with Crippen LogP contribution in [-0.4, -0.2) is 25.3 Å². The van der Waals surface area contributed by atoms with Crippen molar-refractivity contribution in [1.82, 2.24) is 5.32 Å². The molecule has 0 radical (unpaired) electrons. The van der Waals surface area contributed by atoms with Gasteiger partial charge in [-0.25, -0.2) is 0 Å². The molecule has 2 fully saturated rings. The predicted octanol–water partition coefficient (Wildman–Crippen LogP) is 2.87. The van der Waals surface area contributed by atoms with Gasteiger partial charge in [0.15, 0.2) is 0 Å². The van der Waals surface area contributed by atoms with Gasteiger partial charge in [0.1, 0.15) is 0 Å². The Morgan fingerprint density at radius 1 is 0.867 bits per heavy atom. The van der Waals surface area contributed by atoms with Gasteiger partial charge < -0.3 is 10.1 Å². The van der Waals surface area contributed by atoms with Crippen LogP contribution in [0.25, 0.3) is 0 Å². The molecule has 0 aromatic rings. The van der Waals surface area contributed by atoms with E-state index in [1.165, 1.54) is 57.8 Å². The van der Waals surface area contributed by atoms with E-state index in [2.05, 4.69) is 5.32 Å². The standard InChI is InChI=1S/C13H25NO/c1-2-4-7-12(8-5-3-1)14-11-13-9-6-10-15-13/h12-14H,1-11H2/t13-/m0/s1. The maximum absolute atomic E-state index is 5.64. The van der Waals surface area contributed by atoms with Crippen LogP contribution < -0.4 is 5.32 Å². The average Bonchev–Trinajstić information content (AvgIpc) is 2.68. The molecule has 0 aromatic heterocycles. The lowest BCUT2D eigenvalue weighted by Gasteiger charge is -2.22. The SMILES string of the molecule is C1CCCC(NC[C@@H]2CCCO2)CCC1. The van der Waals surface area contributed by atoms with Crippen molar-refractivity contribution < 1.29 is 4.74 Å². The third kappa shape index (κ3) is 4.12. The van der Waals surface area contributed by atoms with E-state index in [0.29, 0.717) is 6.10 Å². The molecule has 2 nitrogen and oxygen atoms in total. The molecule has 1 heterocycles. The predicted molar refractivity (Wildman–Crippen MR) is 63.1 cm³/mol. The minimum atomic E-state index is 0.510. The smallest absolute Gasteiger partial charge is 0.0700 e.